The van der Waals surface area contributed by atoms with Crippen LogP contribution < -0.4 is 10.5 Å². The fourth-order valence-corrected chi connectivity index (χ4v) is 4.04. The summed E-state index contributed by atoms with van der Waals surface area (Å²) in [7, 11) is -3.78. The van der Waals surface area contributed by atoms with E-state index in [2.05, 4.69) is 4.74 Å². The van der Waals surface area contributed by atoms with Gasteiger partial charge in [0.05, 0.1) is 22.0 Å². The molecule has 0 atom stereocenters. The second-order valence-electron chi connectivity index (χ2n) is 6.30. The van der Waals surface area contributed by atoms with Crippen molar-refractivity contribution in [2.45, 2.75) is 16.2 Å². The van der Waals surface area contributed by atoms with Gasteiger partial charge in [-0.3, -0.25) is 4.79 Å². The molecule has 1 amide bonds. The third-order valence-corrected chi connectivity index (χ3v) is 6.03. The SMILES string of the molecule is NC(=O)OCCc1ccc(S(=O)(=O)c2cccc(Oc3ccccc3C=O)c2)cc1. The van der Waals surface area contributed by atoms with Crippen molar-refractivity contribution in [2.75, 3.05) is 6.61 Å². The number of rotatable bonds is 8. The highest BCUT2D eigenvalue weighted by molar-refractivity contribution is 7.91. The van der Waals surface area contributed by atoms with Crippen LogP contribution in [-0.4, -0.2) is 27.4 Å². The van der Waals surface area contributed by atoms with Gasteiger partial charge in [-0.05, 0) is 48.0 Å². The van der Waals surface area contributed by atoms with E-state index in [9.17, 15) is 18.0 Å². The summed E-state index contributed by atoms with van der Waals surface area (Å²) in [5.41, 5.74) is 6.08. The Bertz CT molecular complexity index is 1160. The van der Waals surface area contributed by atoms with Crippen LogP contribution in [0, 0.1) is 0 Å². The monoisotopic (exact) mass is 425 g/mol. The van der Waals surface area contributed by atoms with Crippen LogP contribution in [0.2, 0.25) is 0 Å². The minimum Gasteiger partial charge on any atom is -0.457 e. The zero-order chi connectivity index (χ0) is 21.6. The van der Waals surface area contributed by atoms with Gasteiger partial charge in [-0.1, -0.05) is 30.3 Å². The Morgan fingerprint density at radius 1 is 0.933 bits per heavy atom. The molecule has 3 aromatic rings. The van der Waals surface area contributed by atoms with E-state index in [0.29, 0.717) is 29.8 Å². The van der Waals surface area contributed by atoms with Crippen LogP contribution in [0.25, 0.3) is 0 Å². The first kappa shape index (κ1) is 21.1. The molecule has 7 nitrogen and oxygen atoms in total. The Labute approximate surface area is 174 Å². The molecule has 3 rings (SSSR count). The average Bonchev–Trinajstić information content (AvgIpc) is 2.74. The van der Waals surface area contributed by atoms with Crippen molar-refractivity contribution in [3.8, 4) is 11.5 Å². The maximum atomic E-state index is 13.0. The van der Waals surface area contributed by atoms with Gasteiger partial charge in [0.1, 0.15) is 11.5 Å². The lowest BCUT2D eigenvalue weighted by atomic mass is 10.2. The zero-order valence-corrected chi connectivity index (χ0v) is 16.7. The third-order valence-electron chi connectivity index (χ3n) is 4.26. The number of aldehydes is 1. The molecule has 0 radical (unpaired) electrons. The topological polar surface area (TPSA) is 113 Å². The molecule has 2 N–H and O–H groups in total. The van der Waals surface area contributed by atoms with E-state index >= 15 is 0 Å². The molecule has 3 aromatic carbocycles. The molecule has 0 heterocycles. The van der Waals surface area contributed by atoms with E-state index in [1.165, 1.54) is 24.3 Å². The van der Waals surface area contributed by atoms with Gasteiger partial charge in [-0.25, -0.2) is 13.2 Å². The standard InChI is InChI=1S/C22H19NO6S/c23-22(25)28-13-12-16-8-10-19(11-9-16)30(26,27)20-6-3-5-18(14-20)29-21-7-2-1-4-17(21)15-24/h1-11,14-15H,12-13H2,(H2,23,25). The summed E-state index contributed by atoms with van der Waals surface area (Å²) < 4.78 is 36.3. The van der Waals surface area contributed by atoms with Crippen molar-refractivity contribution in [1.29, 1.82) is 0 Å². The van der Waals surface area contributed by atoms with E-state index in [4.69, 9.17) is 10.5 Å². The van der Waals surface area contributed by atoms with Crippen LogP contribution in [-0.2, 0) is 21.0 Å². The minimum atomic E-state index is -3.78. The molecule has 0 saturated carbocycles. The van der Waals surface area contributed by atoms with Gasteiger partial charge in [-0.15, -0.1) is 0 Å². The van der Waals surface area contributed by atoms with Crippen molar-refractivity contribution in [3.63, 3.8) is 0 Å². The number of nitrogens with two attached hydrogens (primary N) is 1. The summed E-state index contributed by atoms with van der Waals surface area (Å²) in [5.74, 6) is 0.634. The lowest BCUT2D eigenvalue weighted by Gasteiger charge is -2.10. The maximum absolute atomic E-state index is 13.0. The number of benzene rings is 3. The van der Waals surface area contributed by atoms with Gasteiger partial charge in [0.25, 0.3) is 0 Å². The van der Waals surface area contributed by atoms with E-state index in [1.807, 2.05) is 0 Å². The predicted molar refractivity (Wildman–Crippen MR) is 109 cm³/mol. The molecule has 0 aliphatic rings. The molecule has 8 heteroatoms. The van der Waals surface area contributed by atoms with Crippen molar-refractivity contribution in [3.05, 3.63) is 83.9 Å². The lowest BCUT2D eigenvalue weighted by Crippen LogP contribution is -2.14. The van der Waals surface area contributed by atoms with Crippen LogP contribution in [0.3, 0.4) is 0 Å². The Morgan fingerprint density at radius 2 is 1.67 bits per heavy atom. The van der Waals surface area contributed by atoms with Crippen LogP contribution >= 0.6 is 0 Å². The first-order chi connectivity index (χ1) is 14.4. The first-order valence-corrected chi connectivity index (χ1v) is 10.5. The molecule has 0 unspecified atom stereocenters. The van der Waals surface area contributed by atoms with Gasteiger partial charge in [0, 0.05) is 6.42 Å². The van der Waals surface area contributed by atoms with Crippen LogP contribution in [0.5, 0.6) is 11.5 Å². The van der Waals surface area contributed by atoms with Crippen LogP contribution in [0.1, 0.15) is 15.9 Å². The molecular weight excluding hydrogens is 406 g/mol. The molecule has 0 fully saturated rings. The van der Waals surface area contributed by atoms with Crippen molar-refractivity contribution < 1.29 is 27.5 Å². The van der Waals surface area contributed by atoms with Gasteiger partial charge in [0.2, 0.25) is 9.84 Å². The summed E-state index contributed by atoms with van der Waals surface area (Å²) in [6.45, 7) is 0.114. The Kier molecular flexibility index (Phi) is 6.48. The second kappa shape index (κ2) is 9.23. The molecular formula is C22H19NO6S. The molecule has 0 spiro atoms. The largest absolute Gasteiger partial charge is 0.457 e. The number of amides is 1. The Balaban J connectivity index is 1.80. The van der Waals surface area contributed by atoms with Gasteiger partial charge >= 0.3 is 6.09 Å². The van der Waals surface area contributed by atoms with Crippen molar-refractivity contribution in [2.24, 2.45) is 5.73 Å². The summed E-state index contributed by atoms with van der Waals surface area (Å²) in [6, 6.07) is 19.0. The number of primary amides is 1. The third kappa shape index (κ3) is 5.03. The highest BCUT2D eigenvalue weighted by Crippen LogP contribution is 2.28. The lowest BCUT2D eigenvalue weighted by molar-refractivity contribution is 0.112. The number of carbonyl (C=O) groups is 2. The molecule has 0 aliphatic heterocycles. The summed E-state index contributed by atoms with van der Waals surface area (Å²) in [6.07, 6.45) is 0.237. The van der Waals surface area contributed by atoms with E-state index < -0.39 is 15.9 Å². The van der Waals surface area contributed by atoms with Gasteiger partial charge in [-0.2, -0.15) is 0 Å². The number of carbonyl (C=O) groups excluding carboxylic acids is 2. The van der Waals surface area contributed by atoms with Crippen molar-refractivity contribution in [1.82, 2.24) is 0 Å². The smallest absolute Gasteiger partial charge is 0.404 e. The average molecular weight is 425 g/mol. The molecule has 30 heavy (non-hydrogen) atoms. The Hall–Kier alpha value is -3.65. The number of sulfone groups is 1. The predicted octanol–water partition coefficient (Wildman–Crippen LogP) is 3.76. The maximum Gasteiger partial charge on any atom is 0.404 e. The summed E-state index contributed by atoms with van der Waals surface area (Å²) in [4.78, 5) is 21.9. The van der Waals surface area contributed by atoms with E-state index in [0.717, 1.165) is 5.56 Å². The summed E-state index contributed by atoms with van der Waals surface area (Å²) in [5, 5.41) is 0. The number of ether oxygens (including phenoxy) is 2. The quantitative estimate of drug-likeness (QED) is 0.550. The number of para-hydroxylation sites is 1. The van der Waals surface area contributed by atoms with Crippen molar-refractivity contribution >= 4 is 22.2 Å². The van der Waals surface area contributed by atoms with Crippen LogP contribution in [0.15, 0.2) is 82.6 Å². The normalized spacial score (nSPS) is 10.9. The number of hydrogen-bond donors (Lipinski definition) is 1. The highest BCUT2D eigenvalue weighted by atomic mass is 32.2. The second-order valence-corrected chi connectivity index (χ2v) is 8.25. The van der Waals surface area contributed by atoms with Gasteiger partial charge < -0.3 is 15.2 Å². The van der Waals surface area contributed by atoms with E-state index in [-0.39, 0.29) is 16.4 Å². The number of hydrogen-bond acceptors (Lipinski definition) is 6. The van der Waals surface area contributed by atoms with E-state index in [1.54, 1.807) is 48.5 Å². The zero-order valence-electron chi connectivity index (χ0n) is 15.9. The van der Waals surface area contributed by atoms with Gasteiger partial charge in [0.15, 0.2) is 6.29 Å². The molecule has 0 aliphatic carbocycles. The fourth-order valence-electron chi connectivity index (χ4n) is 2.74. The molecule has 154 valence electrons. The molecule has 0 saturated heterocycles. The Morgan fingerprint density at radius 3 is 2.37 bits per heavy atom. The van der Waals surface area contributed by atoms with Crippen LogP contribution in [0.4, 0.5) is 4.79 Å². The minimum absolute atomic E-state index is 0.0633. The first-order valence-electron chi connectivity index (χ1n) is 8.98. The molecule has 0 aromatic heterocycles. The summed E-state index contributed by atoms with van der Waals surface area (Å²) >= 11 is 0. The fraction of sp³-hybridized carbons (Fsp3) is 0.0909. The molecule has 0 bridgehead atoms. The highest BCUT2D eigenvalue weighted by Gasteiger charge is 2.18.